The summed E-state index contributed by atoms with van der Waals surface area (Å²) >= 11 is 0. The van der Waals surface area contributed by atoms with Crippen molar-refractivity contribution in [3.63, 3.8) is 0 Å². The molecule has 150 valence electrons. The number of aryl methyl sites for hydroxylation is 1. The standard InChI is InChI=1S/C21H29N5O2/c1-3-28-21(27)19-14-18(15-22-19)24-9-11-25(12-10-24)20-13-16(2)23-26(20)17-7-5-4-6-8-17/h4-8,13,18-19,22H,3,9-12,14-15H2,1-2H3. The van der Waals surface area contributed by atoms with E-state index in [-0.39, 0.29) is 12.0 Å². The van der Waals surface area contributed by atoms with Crippen molar-refractivity contribution in [1.82, 2.24) is 20.0 Å². The number of benzene rings is 1. The predicted molar refractivity (Wildman–Crippen MR) is 109 cm³/mol. The quantitative estimate of drug-likeness (QED) is 0.792. The van der Waals surface area contributed by atoms with Crippen molar-refractivity contribution in [2.75, 3.05) is 44.2 Å². The van der Waals surface area contributed by atoms with E-state index in [1.54, 1.807) is 0 Å². The molecular weight excluding hydrogens is 354 g/mol. The molecule has 2 unspecified atom stereocenters. The Morgan fingerprint density at radius 2 is 1.96 bits per heavy atom. The SMILES string of the molecule is CCOC(=O)C1CC(N2CCN(c3cc(C)nn3-c3ccccc3)CC2)CN1. The Morgan fingerprint density at radius 1 is 1.21 bits per heavy atom. The molecule has 0 amide bonds. The van der Waals surface area contributed by atoms with E-state index >= 15 is 0 Å². The van der Waals surface area contributed by atoms with Gasteiger partial charge in [0.2, 0.25) is 0 Å². The van der Waals surface area contributed by atoms with Crippen LogP contribution in [-0.2, 0) is 9.53 Å². The first kappa shape index (κ1) is 19.0. The van der Waals surface area contributed by atoms with Crippen LogP contribution in [0, 0.1) is 6.92 Å². The fraction of sp³-hybridized carbons (Fsp3) is 0.524. The second-order valence-corrected chi connectivity index (χ2v) is 7.52. The van der Waals surface area contributed by atoms with Gasteiger partial charge in [-0.25, -0.2) is 4.68 Å². The van der Waals surface area contributed by atoms with Crippen molar-refractivity contribution < 1.29 is 9.53 Å². The highest BCUT2D eigenvalue weighted by Crippen LogP contribution is 2.24. The first-order valence-corrected chi connectivity index (χ1v) is 10.2. The number of carbonyl (C=O) groups is 1. The van der Waals surface area contributed by atoms with Crippen LogP contribution in [0.4, 0.5) is 5.82 Å². The zero-order valence-corrected chi connectivity index (χ0v) is 16.7. The van der Waals surface area contributed by atoms with Gasteiger partial charge in [-0.2, -0.15) is 5.10 Å². The Hall–Kier alpha value is -2.38. The van der Waals surface area contributed by atoms with E-state index in [4.69, 9.17) is 9.84 Å². The summed E-state index contributed by atoms with van der Waals surface area (Å²) in [5.74, 6) is 1.03. The number of nitrogens with zero attached hydrogens (tertiary/aromatic N) is 4. The number of hydrogen-bond donors (Lipinski definition) is 1. The fourth-order valence-electron chi connectivity index (χ4n) is 4.20. The molecular formula is C21H29N5O2. The third-order valence-corrected chi connectivity index (χ3v) is 5.65. The maximum absolute atomic E-state index is 12.0. The summed E-state index contributed by atoms with van der Waals surface area (Å²) in [5, 5.41) is 8.02. The molecule has 28 heavy (non-hydrogen) atoms. The molecule has 2 atom stereocenters. The van der Waals surface area contributed by atoms with Crippen molar-refractivity contribution in [2.24, 2.45) is 0 Å². The molecule has 0 radical (unpaired) electrons. The van der Waals surface area contributed by atoms with Gasteiger partial charge in [0.25, 0.3) is 0 Å². The van der Waals surface area contributed by atoms with Crippen LogP contribution in [0.1, 0.15) is 19.0 Å². The fourth-order valence-corrected chi connectivity index (χ4v) is 4.20. The molecule has 0 bridgehead atoms. The number of esters is 1. The van der Waals surface area contributed by atoms with Gasteiger partial charge < -0.3 is 15.0 Å². The largest absolute Gasteiger partial charge is 0.465 e. The third-order valence-electron chi connectivity index (χ3n) is 5.65. The molecule has 7 nitrogen and oxygen atoms in total. The smallest absolute Gasteiger partial charge is 0.323 e. The van der Waals surface area contributed by atoms with E-state index < -0.39 is 0 Å². The lowest BCUT2D eigenvalue weighted by Crippen LogP contribution is -2.51. The van der Waals surface area contributed by atoms with Crippen molar-refractivity contribution in [1.29, 1.82) is 0 Å². The Morgan fingerprint density at radius 3 is 2.68 bits per heavy atom. The van der Waals surface area contributed by atoms with Crippen molar-refractivity contribution in [2.45, 2.75) is 32.4 Å². The lowest BCUT2D eigenvalue weighted by molar-refractivity contribution is -0.145. The first-order chi connectivity index (χ1) is 13.7. The van der Waals surface area contributed by atoms with Crippen molar-refractivity contribution >= 4 is 11.8 Å². The Balaban J connectivity index is 1.39. The van der Waals surface area contributed by atoms with Gasteiger partial charge in [0.1, 0.15) is 11.9 Å². The number of aromatic nitrogens is 2. The number of nitrogens with one attached hydrogen (secondary N) is 1. The Bertz CT molecular complexity index is 798. The molecule has 1 aromatic carbocycles. The molecule has 2 fully saturated rings. The van der Waals surface area contributed by atoms with Crippen molar-refractivity contribution in [3.8, 4) is 5.69 Å². The van der Waals surface area contributed by atoms with E-state index in [0.717, 1.165) is 56.3 Å². The lowest BCUT2D eigenvalue weighted by atomic mass is 10.1. The highest BCUT2D eigenvalue weighted by Gasteiger charge is 2.35. The maximum Gasteiger partial charge on any atom is 0.323 e. The number of piperazine rings is 1. The van der Waals surface area contributed by atoms with E-state index in [2.05, 4.69) is 33.3 Å². The van der Waals surface area contributed by atoms with E-state index in [1.807, 2.05) is 36.7 Å². The number of hydrogen-bond acceptors (Lipinski definition) is 6. The van der Waals surface area contributed by atoms with Crippen molar-refractivity contribution in [3.05, 3.63) is 42.1 Å². The van der Waals surface area contributed by atoms with Crippen LogP contribution in [-0.4, -0.2) is 72.1 Å². The minimum absolute atomic E-state index is 0.120. The van der Waals surface area contributed by atoms with Gasteiger partial charge in [0.05, 0.1) is 18.0 Å². The maximum atomic E-state index is 12.0. The van der Waals surface area contributed by atoms with Crippen LogP contribution < -0.4 is 10.2 Å². The second kappa shape index (κ2) is 8.32. The zero-order chi connectivity index (χ0) is 19.5. The predicted octanol–water partition coefficient (Wildman–Crippen LogP) is 1.60. The molecule has 3 heterocycles. The minimum Gasteiger partial charge on any atom is -0.465 e. The summed E-state index contributed by atoms with van der Waals surface area (Å²) in [4.78, 5) is 16.9. The average Bonchev–Trinajstić information content (AvgIpc) is 3.36. The van der Waals surface area contributed by atoms with Gasteiger partial charge in [-0.1, -0.05) is 18.2 Å². The molecule has 4 rings (SSSR count). The molecule has 7 heteroatoms. The highest BCUT2D eigenvalue weighted by molar-refractivity contribution is 5.76. The second-order valence-electron chi connectivity index (χ2n) is 7.52. The van der Waals surface area contributed by atoms with Crippen LogP contribution >= 0.6 is 0 Å². The monoisotopic (exact) mass is 383 g/mol. The van der Waals surface area contributed by atoms with Gasteiger partial charge in [-0.15, -0.1) is 0 Å². The van der Waals surface area contributed by atoms with Gasteiger partial charge >= 0.3 is 5.97 Å². The molecule has 0 spiro atoms. The molecule has 2 aliphatic heterocycles. The van der Waals surface area contributed by atoms with Gasteiger partial charge in [-0.3, -0.25) is 9.69 Å². The summed E-state index contributed by atoms with van der Waals surface area (Å²) in [6.45, 7) is 9.07. The van der Waals surface area contributed by atoms with E-state index in [0.29, 0.717) is 12.6 Å². The molecule has 2 aliphatic rings. The lowest BCUT2D eigenvalue weighted by Gasteiger charge is -2.38. The van der Waals surface area contributed by atoms with Crippen LogP contribution in [0.5, 0.6) is 0 Å². The summed E-state index contributed by atoms with van der Waals surface area (Å²) in [7, 11) is 0. The molecule has 0 aliphatic carbocycles. The minimum atomic E-state index is -0.162. The average molecular weight is 383 g/mol. The number of para-hydroxylation sites is 1. The summed E-state index contributed by atoms with van der Waals surface area (Å²) in [5.41, 5.74) is 2.11. The molecule has 1 N–H and O–H groups in total. The molecule has 1 aromatic heterocycles. The summed E-state index contributed by atoms with van der Waals surface area (Å²) in [6, 6.07) is 12.7. The topological polar surface area (TPSA) is 62.6 Å². The molecule has 2 aromatic rings. The third kappa shape index (κ3) is 3.91. The van der Waals surface area contributed by atoms with Gasteiger partial charge in [0, 0.05) is 44.8 Å². The number of rotatable bonds is 5. The van der Waals surface area contributed by atoms with Gasteiger partial charge in [0.15, 0.2) is 0 Å². The van der Waals surface area contributed by atoms with E-state index in [9.17, 15) is 4.79 Å². The van der Waals surface area contributed by atoms with Crippen LogP contribution in [0.15, 0.2) is 36.4 Å². The first-order valence-electron chi connectivity index (χ1n) is 10.2. The number of carbonyl (C=O) groups excluding carboxylic acids is 1. The molecule has 2 saturated heterocycles. The van der Waals surface area contributed by atoms with Gasteiger partial charge in [-0.05, 0) is 32.4 Å². The number of anilines is 1. The van der Waals surface area contributed by atoms with Crippen LogP contribution in [0.3, 0.4) is 0 Å². The highest BCUT2D eigenvalue weighted by atomic mass is 16.5. The summed E-state index contributed by atoms with van der Waals surface area (Å²) < 4.78 is 7.20. The normalized spacial score (nSPS) is 23.1. The number of ether oxygens (including phenoxy) is 1. The molecule has 0 saturated carbocycles. The Labute approximate surface area is 166 Å². The summed E-state index contributed by atoms with van der Waals surface area (Å²) in [6.07, 6.45) is 0.833. The van der Waals surface area contributed by atoms with Crippen LogP contribution in [0.2, 0.25) is 0 Å². The van der Waals surface area contributed by atoms with E-state index in [1.165, 1.54) is 0 Å². The van der Waals surface area contributed by atoms with Crippen LogP contribution in [0.25, 0.3) is 5.69 Å². The Kier molecular flexibility index (Phi) is 5.64. The zero-order valence-electron chi connectivity index (χ0n) is 16.7.